The zero-order chi connectivity index (χ0) is 13.7. The van der Waals surface area contributed by atoms with Gasteiger partial charge in [0.25, 0.3) is 5.56 Å². The van der Waals surface area contributed by atoms with E-state index in [1.165, 1.54) is 10.5 Å². The van der Waals surface area contributed by atoms with Gasteiger partial charge in [0.1, 0.15) is 0 Å². The van der Waals surface area contributed by atoms with Crippen LogP contribution < -0.4 is 20.8 Å². The summed E-state index contributed by atoms with van der Waals surface area (Å²) in [5, 5.41) is 6.37. The van der Waals surface area contributed by atoms with E-state index in [9.17, 15) is 4.79 Å². The predicted octanol–water partition coefficient (Wildman–Crippen LogP) is 0.395. The first-order chi connectivity index (χ1) is 9.72. The molecule has 2 aromatic heterocycles. The van der Waals surface area contributed by atoms with Crippen molar-refractivity contribution in [3.8, 4) is 22.8 Å². The molecule has 1 aromatic carbocycles. The zero-order valence-corrected chi connectivity index (χ0v) is 10.2. The molecule has 4 rings (SSSR count). The van der Waals surface area contributed by atoms with Crippen molar-refractivity contribution in [1.82, 2.24) is 19.6 Å². The number of hydrogen-bond acceptors (Lipinski definition) is 6. The van der Waals surface area contributed by atoms with Crippen LogP contribution in [-0.2, 0) is 0 Å². The average Bonchev–Trinajstić information content (AvgIpc) is 3.04. The fraction of sp³-hybridized carbons (Fsp3) is 0.0833. The van der Waals surface area contributed by atoms with Gasteiger partial charge in [-0.2, -0.15) is 0 Å². The Kier molecular flexibility index (Phi) is 2.02. The van der Waals surface area contributed by atoms with Gasteiger partial charge in [-0.1, -0.05) is 0 Å². The topological polar surface area (TPSA) is 108 Å². The quantitative estimate of drug-likeness (QED) is 0.663. The van der Waals surface area contributed by atoms with Gasteiger partial charge < -0.3 is 15.2 Å². The molecule has 1 aliphatic rings. The fourth-order valence-electron chi connectivity index (χ4n) is 2.14. The van der Waals surface area contributed by atoms with E-state index in [2.05, 4.69) is 15.2 Å². The third-order valence-electron chi connectivity index (χ3n) is 3.09. The van der Waals surface area contributed by atoms with Gasteiger partial charge in [0, 0.05) is 11.6 Å². The van der Waals surface area contributed by atoms with E-state index < -0.39 is 0 Å². The van der Waals surface area contributed by atoms with Crippen LogP contribution in [-0.4, -0.2) is 26.4 Å². The Morgan fingerprint density at radius 1 is 1.25 bits per heavy atom. The van der Waals surface area contributed by atoms with Crippen LogP contribution in [0, 0.1) is 0 Å². The molecule has 0 saturated heterocycles. The van der Waals surface area contributed by atoms with Crippen molar-refractivity contribution in [2.45, 2.75) is 0 Å². The van der Waals surface area contributed by atoms with E-state index in [1.807, 2.05) is 6.07 Å². The van der Waals surface area contributed by atoms with E-state index in [0.29, 0.717) is 23.0 Å². The molecule has 0 bridgehead atoms. The molecule has 3 heterocycles. The maximum atomic E-state index is 12.0. The maximum absolute atomic E-state index is 12.0. The highest BCUT2D eigenvalue weighted by Crippen LogP contribution is 2.35. The molecule has 0 atom stereocenters. The Morgan fingerprint density at radius 3 is 3.00 bits per heavy atom. The number of nitrogens with two attached hydrogens (primary N) is 1. The standard InChI is InChI=1S/C12H9N5O3/c13-11-15-16-12-14-7(4-10(18)17(11)12)6-1-2-8-9(3-6)20-5-19-8/h1-4H,5H2,(H2,13,15)(H,14,16). The van der Waals surface area contributed by atoms with Crippen molar-refractivity contribution >= 4 is 11.7 Å². The minimum atomic E-state index is -0.297. The Balaban J connectivity index is 1.92. The summed E-state index contributed by atoms with van der Waals surface area (Å²) in [6.07, 6.45) is 0. The zero-order valence-electron chi connectivity index (χ0n) is 10.2. The third-order valence-corrected chi connectivity index (χ3v) is 3.09. The summed E-state index contributed by atoms with van der Waals surface area (Å²) in [5.41, 5.74) is 6.55. The SMILES string of the molecule is Nc1n[nH]c2nc(-c3ccc4c(c3)OCO4)cc(=O)n12. The Morgan fingerprint density at radius 2 is 2.10 bits per heavy atom. The van der Waals surface area contributed by atoms with Gasteiger partial charge in [0.15, 0.2) is 11.5 Å². The Labute approximate surface area is 111 Å². The lowest BCUT2D eigenvalue weighted by Gasteiger charge is -2.02. The molecule has 8 nitrogen and oxygen atoms in total. The lowest BCUT2D eigenvalue weighted by Crippen LogP contribution is -2.15. The molecule has 0 unspecified atom stereocenters. The Bertz CT molecular complexity index is 882. The number of nitrogen functional groups attached to an aromatic ring is 1. The molecule has 0 spiro atoms. The highest BCUT2D eigenvalue weighted by molar-refractivity contribution is 5.65. The van der Waals surface area contributed by atoms with Gasteiger partial charge in [-0.15, -0.1) is 5.10 Å². The van der Waals surface area contributed by atoms with Crippen molar-refractivity contribution in [3.63, 3.8) is 0 Å². The van der Waals surface area contributed by atoms with Crippen LogP contribution in [0.1, 0.15) is 0 Å². The molecule has 0 aliphatic carbocycles. The first kappa shape index (κ1) is 10.9. The van der Waals surface area contributed by atoms with Crippen LogP contribution >= 0.6 is 0 Å². The molecule has 100 valence electrons. The van der Waals surface area contributed by atoms with Crippen molar-refractivity contribution in [2.24, 2.45) is 0 Å². The number of anilines is 1. The van der Waals surface area contributed by atoms with Crippen LogP contribution in [0.15, 0.2) is 29.1 Å². The molecular weight excluding hydrogens is 262 g/mol. The molecule has 3 N–H and O–H groups in total. The lowest BCUT2D eigenvalue weighted by molar-refractivity contribution is 0.174. The van der Waals surface area contributed by atoms with E-state index in [-0.39, 0.29) is 18.3 Å². The molecule has 0 radical (unpaired) electrons. The summed E-state index contributed by atoms with van der Waals surface area (Å²) in [7, 11) is 0. The number of rotatable bonds is 1. The van der Waals surface area contributed by atoms with Gasteiger partial charge in [0.2, 0.25) is 18.5 Å². The minimum absolute atomic E-state index is 0.0785. The van der Waals surface area contributed by atoms with Gasteiger partial charge in [-0.25, -0.2) is 14.5 Å². The summed E-state index contributed by atoms with van der Waals surface area (Å²) in [6, 6.07) is 6.77. The average molecular weight is 271 g/mol. The number of nitrogens with one attached hydrogen (secondary N) is 1. The number of hydrogen-bond donors (Lipinski definition) is 2. The number of aromatic amines is 1. The van der Waals surface area contributed by atoms with Crippen molar-refractivity contribution in [3.05, 3.63) is 34.6 Å². The van der Waals surface area contributed by atoms with E-state index in [1.54, 1.807) is 12.1 Å². The highest BCUT2D eigenvalue weighted by Gasteiger charge is 2.15. The van der Waals surface area contributed by atoms with E-state index >= 15 is 0 Å². The predicted molar refractivity (Wildman–Crippen MR) is 69.6 cm³/mol. The molecular formula is C12H9N5O3. The Hall–Kier alpha value is -3.03. The second kappa shape index (κ2) is 3.73. The van der Waals surface area contributed by atoms with Crippen LogP contribution in [0.5, 0.6) is 11.5 Å². The molecule has 0 amide bonds. The normalized spacial score (nSPS) is 13.0. The van der Waals surface area contributed by atoms with Crippen LogP contribution in [0.4, 0.5) is 5.95 Å². The monoisotopic (exact) mass is 271 g/mol. The van der Waals surface area contributed by atoms with Gasteiger partial charge in [-0.3, -0.25) is 4.79 Å². The molecule has 0 saturated carbocycles. The fourth-order valence-corrected chi connectivity index (χ4v) is 2.14. The number of benzene rings is 1. The summed E-state index contributed by atoms with van der Waals surface area (Å²) in [4.78, 5) is 16.3. The number of H-pyrrole nitrogens is 1. The van der Waals surface area contributed by atoms with Gasteiger partial charge in [-0.05, 0) is 18.2 Å². The largest absolute Gasteiger partial charge is 0.454 e. The lowest BCUT2D eigenvalue weighted by atomic mass is 10.1. The first-order valence-electron chi connectivity index (χ1n) is 5.86. The van der Waals surface area contributed by atoms with Crippen molar-refractivity contribution in [1.29, 1.82) is 0 Å². The van der Waals surface area contributed by atoms with Crippen molar-refractivity contribution in [2.75, 3.05) is 12.5 Å². The van der Waals surface area contributed by atoms with Crippen LogP contribution in [0.3, 0.4) is 0 Å². The third kappa shape index (κ3) is 1.44. The summed E-state index contributed by atoms with van der Waals surface area (Å²) in [5.74, 6) is 1.68. The number of aromatic nitrogens is 4. The summed E-state index contributed by atoms with van der Waals surface area (Å²) >= 11 is 0. The molecule has 1 aliphatic heterocycles. The van der Waals surface area contributed by atoms with E-state index in [4.69, 9.17) is 15.2 Å². The number of ether oxygens (including phenoxy) is 2. The smallest absolute Gasteiger partial charge is 0.262 e. The molecule has 3 aromatic rings. The highest BCUT2D eigenvalue weighted by atomic mass is 16.7. The van der Waals surface area contributed by atoms with Crippen molar-refractivity contribution < 1.29 is 9.47 Å². The van der Waals surface area contributed by atoms with Crippen LogP contribution in [0.2, 0.25) is 0 Å². The second-order valence-electron chi connectivity index (χ2n) is 4.29. The van der Waals surface area contributed by atoms with Crippen LogP contribution in [0.25, 0.3) is 17.0 Å². The summed E-state index contributed by atoms with van der Waals surface area (Å²) in [6.45, 7) is 0.199. The molecule has 20 heavy (non-hydrogen) atoms. The molecule has 0 fully saturated rings. The van der Waals surface area contributed by atoms with E-state index in [0.717, 1.165) is 5.56 Å². The summed E-state index contributed by atoms with van der Waals surface area (Å²) < 4.78 is 11.8. The maximum Gasteiger partial charge on any atom is 0.262 e. The van der Waals surface area contributed by atoms with Gasteiger partial charge >= 0.3 is 0 Å². The first-order valence-corrected chi connectivity index (χ1v) is 5.86. The molecule has 8 heteroatoms. The van der Waals surface area contributed by atoms with Gasteiger partial charge in [0.05, 0.1) is 5.69 Å². The minimum Gasteiger partial charge on any atom is -0.454 e. The number of nitrogens with zero attached hydrogens (tertiary/aromatic N) is 3. The number of fused-ring (bicyclic) bond motifs is 2. The second-order valence-corrected chi connectivity index (χ2v) is 4.29.